The first kappa shape index (κ1) is 10.7. The molecule has 0 spiro atoms. The number of aromatic hydroxyl groups is 1. The van der Waals surface area contributed by atoms with E-state index < -0.39 is 11.3 Å². The lowest BCUT2D eigenvalue weighted by molar-refractivity contribution is 0.482. The first-order valence-corrected chi connectivity index (χ1v) is 5.58. The highest BCUT2D eigenvalue weighted by atomic mass is 32.2. The van der Waals surface area contributed by atoms with E-state index >= 15 is 0 Å². The molecule has 0 fully saturated rings. The maximum Gasteiger partial charge on any atom is 0.259 e. The first-order chi connectivity index (χ1) is 7.59. The fourth-order valence-corrected chi connectivity index (χ4v) is 1.97. The number of anilines is 2. The average Bonchev–Trinajstić information content (AvgIpc) is 2.22. The minimum absolute atomic E-state index is 0.0439. The van der Waals surface area contributed by atoms with Crippen LogP contribution in [0.3, 0.4) is 0 Å². The highest BCUT2D eigenvalue weighted by Gasteiger charge is 2.08. The quantitative estimate of drug-likeness (QED) is 0.363. The lowest BCUT2D eigenvalue weighted by Gasteiger charge is -2.09. The molecule has 0 bridgehead atoms. The Hall–Kier alpha value is -1.79. The van der Waals surface area contributed by atoms with E-state index in [2.05, 4.69) is 4.72 Å². The van der Waals surface area contributed by atoms with Crippen molar-refractivity contribution in [3.63, 3.8) is 0 Å². The maximum absolute atomic E-state index is 10.7. The van der Waals surface area contributed by atoms with E-state index in [0.29, 0.717) is 22.1 Å². The van der Waals surface area contributed by atoms with Gasteiger partial charge in [-0.3, -0.25) is 9.27 Å². The zero-order valence-electron chi connectivity index (χ0n) is 8.18. The zero-order valence-corrected chi connectivity index (χ0v) is 8.99. The third-order valence-corrected chi connectivity index (χ3v) is 2.64. The fourth-order valence-electron chi connectivity index (χ4n) is 1.60. The lowest BCUT2D eigenvalue weighted by atomic mass is 10.1. The van der Waals surface area contributed by atoms with Crippen LogP contribution in [0.25, 0.3) is 10.8 Å². The van der Waals surface area contributed by atoms with Crippen molar-refractivity contribution in [3.05, 3.63) is 30.3 Å². The van der Waals surface area contributed by atoms with Gasteiger partial charge >= 0.3 is 0 Å². The van der Waals surface area contributed by atoms with Crippen molar-refractivity contribution in [3.8, 4) is 5.75 Å². The van der Waals surface area contributed by atoms with Crippen molar-refractivity contribution in [1.82, 2.24) is 0 Å². The largest absolute Gasteiger partial charge is 0.507 e. The average molecular weight is 238 g/mol. The fraction of sp³-hybridized carbons (Fsp3) is 0. The summed E-state index contributed by atoms with van der Waals surface area (Å²) in [5.41, 5.74) is 6.59. The third kappa shape index (κ3) is 1.80. The van der Waals surface area contributed by atoms with Gasteiger partial charge in [0.15, 0.2) is 0 Å². The standard InChI is InChI=1S/C10H10N2O3S/c11-7-3-1-2-6-8(12-16(14)15)4-5-9(13)10(6)7/h1-5,12-13H,11H2,(H,14,15). The zero-order chi connectivity index (χ0) is 11.7. The monoisotopic (exact) mass is 238 g/mol. The second-order valence-corrected chi connectivity index (χ2v) is 3.96. The molecule has 1 atom stereocenters. The summed E-state index contributed by atoms with van der Waals surface area (Å²) in [6, 6.07) is 8.02. The van der Waals surface area contributed by atoms with Crippen LogP contribution in [-0.4, -0.2) is 13.9 Å². The number of rotatable bonds is 2. The predicted molar refractivity (Wildman–Crippen MR) is 64.4 cm³/mol. The second kappa shape index (κ2) is 3.99. The van der Waals surface area contributed by atoms with Gasteiger partial charge in [0.1, 0.15) is 5.75 Å². The molecule has 2 rings (SSSR count). The van der Waals surface area contributed by atoms with Gasteiger partial charge < -0.3 is 10.8 Å². The molecule has 5 N–H and O–H groups in total. The normalized spacial score (nSPS) is 12.6. The summed E-state index contributed by atoms with van der Waals surface area (Å²) in [6.07, 6.45) is 0. The van der Waals surface area contributed by atoms with E-state index in [0.717, 1.165) is 0 Å². The first-order valence-electron chi connectivity index (χ1n) is 4.47. The molecule has 2 aromatic rings. The van der Waals surface area contributed by atoms with Crippen LogP contribution in [0.4, 0.5) is 11.4 Å². The Kier molecular flexibility index (Phi) is 2.67. The molecule has 16 heavy (non-hydrogen) atoms. The summed E-state index contributed by atoms with van der Waals surface area (Å²) in [6.45, 7) is 0. The topological polar surface area (TPSA) is 95.6 Å². The van der Waals surface area contributed by atoms with Crippen molar-refractivity contribution in [2.75, 3.05) is 10.5 Å². The number of nitrogens with two attached hydrogens (primary N) is 1. The van der Waals surface area contributed by atoms with Crippen LogP contribution < -0.4 is 10.5 Å². The SMILES string of the molecule is Nc1cccc2c(NS(=O)O)ccc(O)c12. The van der Waals surface area contributed by atoms with Gasteiger partial charge in [-0.25, -0.2) is 4.21 Å². The van der Waals surface area contributed by atoms with Crippen LogP contribution in [0.2, 0.25) is 0 Å². The van der Waals surface area contributed by atoms with Gasteiger partial charge in [-0.05, 0) is 18.2 Å². The number of fused-ring (bicyclic) bond motifs is 1. The van der Waals surface area contributed by atoms with E-state index in [1.807, 2.05) is 0 Å². The molecule has 0 amide bonds. The summed E-state index contributed by atoms with van der Waals surface area (Å²) in [5.74, 6) is 0.0439. The molecule has 0 aliphatic heterocycles. The molecular weight excluding hydrogens is 228 g/mol. The van der Waals surface area contributed by atoms with Crippen LogP contribution in [-0.2, 0) is 11.3 Å². The van der Waals surface area contributed by atoms with Gasteiger partial charge in [0.25, 0.3) is 11.3 Å². The number of nitrogens with one attached hydrogen (secondary N) is 1. The molecule has 1 unspecified atom stereocenters. The van der Waals surface area contributed by atoms with Crippen LogP contribution >= 0.6 is 0 Å². The summed E-state index contributed by atoms with van der Waals surface area (Å²) < 4.78 is 21.8. The van der Waals surface area contributed by atoms with Crippen molar-refractivity contribution >= 4 is 33.4 Å². The van der Waals surface area contributed by atoms with Gasteiger partial charge in [0, 0.05) is 16.5 Å². The molecule has 0 aromatic heterocycles. The van der Waals surface area contributed by atoms with E-state index in [9.17, 15) is 9.32 Å². The van der Waals surface area contributed by atoms with E-state index in [4.69, 9.17) is 10.3 Å². The highest BCUT2D eigenvalue weighted by molar-refractivity contribution is 7.80. The number of hydrogen-bond donors (Lipinski definition) is 4. The summed E-state index contributed by atoms with van der Waals surface area (Å²) in [7, 11) is 0. The molecule has 0 aliphatic carbocycles. The van der Waals surface area contributed by atoms with Crippen molar-refractivity contribution < 1.29 is 13.9 Å². The highest BCUT2D eigenvalue weighted by Crippen LogP contribution is 2.34. The molecular formula is C10H10N2O3S. The van der Waals surface area contributed by atoms with Gasteiger partial charge in [-0.15, -0.1) is 0 Å². The molecule has 0 heterocycles. The minimum atomic E-state index is -2.16. The van der Waals surface area contributed by atoms with E-state index in [1.165, 1.54) is 12.1 Å². The van der Waals surface area contributed by atoms with Crippen LogP contribution in [0.1, 0.15) is 0 Å². The van der Waals surface area contributed by atoms with Gasteiger partial charge in [-0.2, -0.15) is 0 Å². The Morgan fingerprint density at radius 2 is 2.00 bits per heavy atom. The summed E-state index contributed by atoms with van der Waals surface area (Å²) in [5, 5.41) is 10.7. The molecule has 2 aromatic carbocycles. The summed E-state index contributed by atoms with van der Waals surface area (Å²) >= 11 is -2.16. The number of phenolic OH excluding ortho intramolecular Hbond substituents is 1. The molecule has 0 radical (unpaired) electrons. The molecule has 0 aliphatic rings. The van der Waals surface area contributed by atoms with Crippen molar-refractivity contribution in [2.45, 2.75) is 0 Å². The van der Waals surface area contributed by atoms with E-state index in [1.54, 1.807) is 18.2 Å². The molecule has 84 valence electrons. The van der Waals surface area contributed by atoms with Crippen molar-refractivity contribution in [1.29, 1.82) is 0 Å². The Labute approximate surface area is 94.3 Å². The van der Waals surface area contributed by atoms with Crippen LogP contribution in [0.15, 0.2) is 30.3 Å². The number of nitrogen functional groups attached to an aromatic ring is 1. The second-order valence-electron chi connectivity index (χ2n) is 3.25. The Morgan fingerprint density at radius 3 is 2.69 bits per heavy atom. The number of phenols is 1. The van der Waals surface area contributed by atoms with Gasteiger partial charge in [-0.1, -0.05) is 12.1 Å². The molecule has 0 saturated carbocycles. The molecule has 0 saturated heterocycles. The van der Waals surface area contributed by atoms with Gasteiger partial charge in [0.2, 0.25) is 0 Å². The smallest absolute Gasteiger partial charge is 0.259 e. The lowest BCUT2D eigenvalue weighted by Crippen LogP contribution is -2.02. The van der Waals surface area contributed by atoms with Crippen molar-refractivity contribution in [2.24, 2.45) is 0 Å². The van der Waals surface area contributed by atoms with Gasteiger partial charge in [0.05, 0.1) is 5.69 Å². The minimum Gasteiger partial charge on any atom is -0.507 e. The van der Waals surface area contributed by atoms with Crippen LogP contribution in [0.5, 0.6) is 5.75 Å². The van der Waals surface area contributed by atoms with Crippen LogP contribution in [0, 0.1) is 0 Å². The number of hydrogen-bond acceptors (Lipinski definition) is 3. The van der Waals surface area contributed by atoms with E-state index in [-0.39, 0.29) is 5.75 Å². The number of benzene rings is 2. The maximum atomic E-state index is 10.7. The Balaban J connectivity index is 2.74. The molecule has 6 heteroatoms. The predicted octanol–water partition coefficient (Wildman–Crippen LogP) is 1.68. The Morgan fingerprint density at radius 1 is 1.25 bits per heavy atom. The third-order valence-electron chi connectivity index (χ3n) is 2.25. The Bertz CT molecular complexity index is 563. The summed E-state index contributed by atoms with van der Waals surface area (Å²) in [4.78, 5) is 0. The molecule has 5 nitrogen and oxygen atoms in total.